The molecule has 0 bridgehead atoms. The zero-order valence-corrected chi connectivity index (χ0v) is 20.2. The number of rotatable bonds is 9. The van der Waals surface area contributed by atoms with Crippen molar-refractivity contribution in [3.8, 4) is 5.75 Å². The highest BCUT2D eigenvalue weighted by molar-refractivity contribution is 7.99. The van der Waals surface area contributed by atoms with Crippen LogP contribution >= 0.6 is 23.4 Å². The van der Waals surface area contributed by atoms with Crippen molar-refractivity contribution < 1.29 is 9.53 Å². The third kappa shape index (κ3) is 5.98. The van der Waals surface area contributed by atoms with Gasteiger partial charge in [-0.05, 0) is 53.9 Å². The number of thioether (sulfide) groups is 1. The lowest BCUT2D eigenvalue weighted by Gasteiger charge is -2.13. The van der Waals surface area contributed by atoms with Gasteiger partial charge in [-0.15, -0.1) is 0 Å². The van der Waals surface area contributed by atoms with Crippen LogP contribution in [0.2, 0.25) is 5.02 Å². The van der Waals surface area contributed by atoms with Crippen LogP contribution in [0.5, 0.6) is 5.75 Å². The van der Waals surface area contributed by atoms with E-state index in [1.165, 1.54) is 11.8 Å². The summed E-state index contributed by atoms with van der Waals surface area (Å²) in [7, 11) is 1.61. The molecule has 0 aliphatic carbocycles. The number of hydrogen-bond acceptors (Lipinski definition) is 5. The van der Waals surface area contributed by atoms with Gasteiger partial charge in [-0.3, -0.25) is 14.2 Å². The van der Waals surface area contributed by atoms with E-state index >= 15 is 0 Å². The monoisotopic (exact) mass is 493 g/mol. The first-order valence-corrected chi connectivity index (χ1v) is 12.2. The molecule has 1 heterocycles. The molecule has 34 heavy (non-hydrogen) atoms. The van der Waals surface area contributed by atoms with E-state index in [-0.39, 0.29) is 17.2 Å². The van der Waals surface area contributed by atoms with Gasteiger partial charge < -0.3 is 10.1 Å². The SMILES string of the molecule is COc1cccc(CNC(=O)CSc2nc3ccccc3c(=O)n2CCc2ccc(Cl)cc2)c1. The molecule has 0 saturated heterocycles. The summed E-state index contributed by atoms with van der Waals surface area (Å²) in [5.74, 6) is 0.751. The van der Waals surface area contributed by atoms with E-state index in [2.05, 4.69) is 10.3 Å². The number of para-hydroxylation sites is 1. The molecule has 1 N–H and O–H groups in total. The molecule has 1 aromatic heterocycles. The van der Waals surface area contributed by atoms with Crippen LogP contribution in [-0.2, 0) is 24.3 Å². The van der Waals surface area contributed by atoms with E-state index in [9.17, 15) is 9.59 Å². The maximum atomic E-state index is 13.2. The molecular weight excluding hydrogens is 470 g/mol. The van der Waals surface area contributed by atoms with Gasteiger partial charge in [-0.2, -0.15) is 0 Å². The smallest absolute Gasteiger partial charge is 0.262 e. The maximum Gasteiger partial charge on any atom is 0.262 e. The standard InChI is InChI=1S/C26H24ClN3O3S/c1-33-21-6-4-5-19(15-21)16-28-24(31)17-34-26-29-23-8-3-2-7-22(23)25(32)30(26)14-13-18-9-11-20(27)12-10-18/h2-12,15H,13-14,16-17H2,1H3,(H,28,31). The van der Waals surface area contributed by atoms with Gasteiger partial charge in [-0.1, -0.05) is 59.8 Å². The van der Waals surface area contributed by atoms with Gasteiger partial charge in [0.15, 0.2) is 5.16 Å². The highest BCUT2D eigenvalue weighted by Gasteiger charge is 2.13. The fourth-order valence-electron chi connectivity index (χ4n) is 3.51. The second-order valence-electron chi connectivity index (χ2n) is 7.66. The van der Waals surface area contributed by atoms with Crippen molar-refractivity contribution in [2.45, 2.75) is 24.7 Å². The van der Waals surface area contributed by atoms with E-state index in [1.54, 1.807) is 17.7 Å². The summed E-state index contributed by atoms with van der Waals surface area (Å²) in [5, 5.41) is 4.67. The Hall–Kier alpha value is -3.29. The van der Waals surface area contributed by atoms with E-state index < -0.39 is 0 Å². The minimum absolute atomic E-state index is 0.112. The van der Waals surface area contributed by atoms with Crippen LogP contribution in [0.4, 0.5) is 0 Å². The predicted molar refractivity (Wildman–Crippen MR) is 137 cm³/mol. The third-order valence-electron chi connectivity index (χ3n) is 5.32. The number of ether oxygens (including phenoxy) is 1. The first-order valence-electron chi connectivity index (χ1n) is 10.8. The summed E-state index contributed by atoms with van der Waals surface area (Å²) < 4.78 is 6.87. The van der Waals surface area contributed by atoms with Crippen molar-refractivity contribution in [3.63, 3.8) is 0 Å². The lowest BCUT2D eigenvalue weighted by Crippen LogP contribution is -2.27. The minimum atomic E-state index is -0.139. The van der Waals surface area contributed by atoms with Gasteiger partial charge in [0.05, 0.1) is 23.8 Å². The first kappa shape index (κ1) is 23.9. The number of amides is 1. The Morgan fingerprint density at radius 1 is 1.06 bits per heavy atom. The summed E-state index contributed by atoms with van der Waals surface area (Å²) >= 11 is 7.24. The summed E-state index contributed by atoms with van der Waals surface area (Å²) in [6.45, 7) is 0.844. The number of aromatic nitrogens is 2. The summed E-state index contributed by atoms with van der Waals surface area (Å²) in [6.07, 6.45) is 0.646. The average molecular weight is 494 g/mol. The molecule has 1 amide bonds. The quantitative estimate of drug-likeness (QED) is 0.270. The molecule has 0 spiro atoms. The Morgan fingerprint density at radius 2 is 1.85 bits per heavy atom. The number of hydrogen-bond donors (Lipinski definition) is 1. The highest BCUT2D eigenvalue weighted by Crippen LogP contribution is 2.19. The van der Waals surface area contributed by atoms with Crippen LogP contribution in [0.1, 0.15) is 11.1 Å². The summed E-state index contributed by atoms with van der Waals surface area (Å²) in [4.78, 5) is 30.4. The van der Waals surface area contributed by atoms with Crippen LogP contribution in [-0.4, -0.2) is 28.3 Å². The van der Waals surface area contributed by atoms with Crippen molar-refractivity contribution in [1.29, 1.82) is 0 Å². The normalized spacial score (nSPS) is 10.9. The molecule has 6 nitrogen and oxygen atoms in total. The molecule has 3 aromatic carbocycles. The van der Waals surface area contributed by atoms with Crippen molar-refractivity contribution in [2.24, 2.45) is 0 Å². The van der Waals surface area contributed by atoms with Crippen molar-refractivity contribution in [1.82, 2.24) is 14.9 Å². The lowest BCUT2D eigenvalue weighted by molar-refractivity contribution is -0.118. The van der Waals surface area contributed by atoms with E-state index in [4.69, 9.17) is 16.3 Å². The van der Waals surface area contributed by atoms with Gasteiger partial charge in [0.2, 0.25) is 5.91 Å². The lowest BCUT2D eigenvalue weighted by atomic mass is 10.1. The molecule has 0 aliphatic rings. The Bertz CT molecular complexity index is 1360. The minimum Gasteiger partial charge on any atom is -0.497 e. The number of nitrogens with zero attached hydrogens (tertiary/aromatic N) is 2. The van der Waals surface area contributed by atoms with Gasteiger partial charge in [0.1, 0.15) is 5.75 Å². The fraction of sp³-hybridized carbons (Fsp3) is 0.192. The third-order valence-corrected chi connectivity index (χ3v) is 6.55. The average Bonchev–Trinajstić information content (AvgIpc) is 2.87. The molecule has 0 aliphatic heterocycles. The van der Waals surface area contributed by atoms with Crippen LogP contribution in [0, 0.1) is 0 Å². The molecular formula is C26H24ClN3O3S. The Balaban J connectivity index is 1.48. The van der Waals surface area contributed by atoms with E-state index in [0.29, 0.717) is 40.6 Å². The van der Waals surface area contributed by atoms with Crippen LogP contribution < -0.4 is 15.6 Å². The van der Waals surface area contributed by atoms with Gasteiger partial charge in [0.25, 0.3) is 5.56 Å². The zero-order chi connectivity index (χ0) is 23.9. The first-order chi connectivity index (χ1) is 16.5. The number of halogens is 1. The van der Waals surface area contributed by atoms with Gasteiger partial charge in [0, 0.05) is 18.1 Å². The second kappa shape index (κ2) is 11.2. The molecule has 0 saturated carbocycles. The summed E-state index contributed by atoms with van der Waals surface area (Å²) in [5.41, 5.74) is 2.52. The second-order valence-corrected chi connectivity index (χ2v) is 9.04. The molecule has 0 fully saturated rings. The molecule has 4 aromatic rings. The number of nitrogens with one attached hydrogen (secondary N) is 1. The van der Waals surface area contributed by atoms with Crippen molar-refractivity contribution in [2.75, 3.05) is 12.9 Å². The number of benzene rings is 3. The topological polar surface area (TPSA) is 73.2 Å². The zero-order valence-electron chi connectivity index (χ0n) is 18.7. The molecule has 0 atom stereocenters. The van der Waals surface area contributed by atoms with Crippen LogP contribution in [0.15, 0.2) is 82.7 Å². The number of aryl methyl sites for hydroxylation is 1. The predicted octanol–water partition coefficient (Wildman–Crippen LogP) is 4.71. The summed E-state index contributed by atoms with van der Waals surface area (Å²) in [6, 6.07) is 22.4. The number of carbonyl (C=O) groups excluding carboxylic acids is 1. The number of fused-ring (bicyclic) bond motifs is 1. The van der Waals surface area contributed by atoms with Gasteiger partial charge in [-0.25, -0.2) is 4.98 Å². The highest BCUT2D eigenvalue weighted by atomic mass is 35.5. The van der Waals surface area contributed by atoms with E-state index in [0.717, 1.165) is 16.9 Å². The van der Waals surface area contributed by atoms with Crippen molar-refractivity contribution >= 4 is 40.2 Å². The molecule has 8 heteroatoms. The number of carbonyl (C=O) groups is 1. The largest absolute Gasteiger partial charge is 0.497 e. The van der Waals surface area contributed by atoms with Crippen LogP contribution in [0.25, 0.3) is 10.9 Å². The maximum absolute atomic E-state index is 13.2. The fourth-order valence-corrected chi connectivity index (χ4v) is 4.49. The van der Waals surface area contributed by atoms with Crippen molar-refractivity contribution in [3.05, 3.63) is 99.3 Å². The molecule has 174 valence electrons. The van der Waals surface area contributed by atoms with Crippen LogP contribution in [0.3, 0.4) is 0 Å². The number of methoxy groups -OCH3 is 1. The van der Waals surface area contributed by atoms with E-state index in [1.807, 2.05) is 66.7 Å². The molecule has 0 unspecified atom stereocenters. The molecule has 4 rings (SSSR count). The molecule has 0 radical (unpaired) electrons. The Kier molecular flexibility index (Phi) is 7.87. The Morgan fingerprint density at radius 3 is 2.65 bits per heavy atom. The Labute approximate surface area is 206 Å². The van der Waals surface area contributed by atoms with Gasteiger partial charge >= 0.3 is 0 Å².